The van der Waals surface area contributed by atoms with Crippen molar-refractivity contribution < 1.29 is 0 Å². The smallest absolute Gasteiger partial charge is 0.0678 e. The summed E-state index contributed by atoms with van der Waals surface area (Å²) in [5.41, 5.74) is 5.69. The second kappa shape index (κ2) is 4.41. The Labute approximate surface area is 130 Å². The van der Waals surface area contributed by atoms with Crippen molar-refractivity contribution in [1.29, 1.82) is 0 Å². The Bertz CT molecular complexity index is 726. The summed E-state index contributed by atoms with van der Waals surface area (Å²) in [6, 6.07) is 10.5. The summed E-state index contributed by atoms with van der Waals surface area (Å²) < 4.78 is 2.28. The SMILES string of the molecule is Cn1ccc2c1CCN1C(c3ccc(Cl)cc3)=CCC21C. The Kier molecular flexibility index (Phi) is 2.74. The number of halogens is 1. The van der Waals surface area contributed by atoms with Gasteiger partial charge in [-0.3, -0.25) is 0 Å². The molecule has 1 aromatic carbocycles. The van der Waals surface area contributed by atoms with E-state index in [0.717, 1.165) is 24.4 Å². The average molecular weight is 299 g/mol. The van der Waals surface area contributed by atoms with Gasteiger partial charge in [0.05, 0.1) is 5.54 Å². The lowest BCUT2D eigenvalue weighted by Crippen LogP contribution is -2.44. The number of aryl methyl sites for hydroxylation is 1. The summed E-state index contributed by atoms with van der Waals surface area (Å²) in [4.78, 5) is 2.57. The molecule has 21 heavy (non-hydrogen) atoms. The van der Waals surface area contributed by atoms with E-state index >= 15 is 0 Å². The molecule has 0 radical (unpaired) electrons. The highest BCUT2D eigenvalue weighted by molar-refractivity contribution is 6.30. The zero-order valence-electron chi connectivity index (χ0n) is 12.4. The molecule has 0 bridgehead atoms. The van der Waals surface area contributed by atoms with Gasteiger partial charge in [-0.25, -0.2) is 0 Å². The van der Waals surface area contributed by atoms with Gasteiger partial charge < -0.3 is 9.47 Å². The van der Waals surface area contributed by atoms with Crippen LogP contribution in [0.3, 0.4) is 0 Å². The highest BCUT2D eigenvalue weighted by Crippen LogP contribution is 2.47. The maximum atomic E-state index is 6.02. The number of benzene rings is 1. The number of aromatic nitrogens is 1. The average Bonchev–Trinajstić information content (AvgIpc) is 3.01. The van der Waals surface area contributed by atoms with E-state index in [2.05, 4.69) is 53.9 Å². The minimum atomic E-state index is 0.101. The van der Waals surface area contributed by atoms with Crippen LogP contribution in [0.15, 0.2) is 42.6 Å². The van der Waals surface area contributed by atoms with E-state index in [4.69, 9.17) is 11.6 Å². The van der Waals surface area contributed by atoms with Gasteiger partial charge in [0.15, 0.2) is 0 Å². The third kappa shape index (κ3) is 1.78. The predicted octanol–water partition coefficient (Wildman–Crippen LogP) is 4.20. The molecule has 0 amide bonds. The summed E-state index contributed by atoms with van der Waals surface area (Å²) in [5.74, 6) is 0. The lowest BCUT2D eigenvalue weighted by Gasteiger charge is -2.43. The van der Waals surface area contributed by atoms with Crippen LogP contribution in [0.2, 0.25) is 5.02 Å². The first-order valence-corrected chi connectivity index (χ1v) is 7.86. The quantitative estimate of drug-likeness (QED) is 0.766. The van der Waals surface area contributed by atoms with Gasteiger partial charge in [-0.1, -0.05) is 29.8 Å². The van der Waals surface area contributed by atoms with Crippen LogP contribution in [0.4, 0.5) is 0 Å². The Morgan fingerprint density at radius 3 is 2.67 bits per heavy atom. The maximum Gasteiger partial charge on any atom is 0.0678 e. The minimum Gasteiger partial charge on any atom is -0.361 e. The molecule has 2 nitrogen and oxygen atoms in total. The van der Waals surface area contributed by atoms with Gasteiger partial charge in [0.1, 0.15) is 0 Å². The van der Waals surface area contributed by atoms with Crippen LogP contribution in [0, 0.1) is 0 Å². The number of rotatable bonds is 1. The van der Waals surface area contributed by atoms with Gasteiger partial charge >= 0.3 is 0 Å². The Balaban J connectivity index is 1.75. The molecule has 0 saturated carbocycles. The van der Waals surface area contributed by atoms with E-state index in [1.165, 1.54) is 22.5 Å². The summed E-state index contributed by atoms with van der Waals surface area (Å²) in [6.07, 6.45) is 6.76. The highest BCUT2D eigenvalue weighted by Gasteiger charge is 2.43. The lowest BCUT2D eigenvalue weighted by atomic mass is 9.85. The van der Waals surface area contributed by atoms with Gasteiger partial charge in [-0.05, 0) is 42.7 Å². The fourth-order valence-corrected chi connectivity index (χ4v) is 4.01. The van der Waals surface area contributed by atoms with Crippen LogP contribution in [0.5, 0.6) is 0 Å². The molecule has 0 spiro atoms. The Hall–Kier alpha value is -1.67. The first-order chi connectivity index (χ1) is 10.1. The van der Waals surface area contributed by atoms with E-state index in [0.29, 0.717) is 0 Å². The monoisotopic (exact) mass is 298 g/mol. The fourth-order valence-electron chi connectivity index (χ4n) is 3.88. The summed E-state index contributed by atoms with van der Waals surface area (Å²) in [6.45, 7) is 3.44. The van der Waals surface area contributed by atoms with Crippen molar-refractivity contribution in [2.45, 2.75) is 25.3 Å². The van der Waals surface area contributed by atoms with Gasteiger partial charge in [-0.15, -0.1) is 0 Å². The summed E-state index contributed by atoms with van der Waals surface area (Å²) >= 11 is 6.02. The molecule has 0 N–H and O–H groups in total. The fraction of sp³-hybridized carbons (Fsp3) is 0.333. The molecular formula is C18H19ClN2. The molecule has 0 saturated heterocycles. The summed E-state index contributed by atoms with van der Waals surface area (Å²) in [5, 5.41) is 0.795. The van der Waals surface area contributed by atoms with Gasteiger partial charge in [0.25, 0.3) is 0 Å². The van der Waals surface area contributed by atoms with Crippen LogP contribution in [0.25, 0.3) is 5.70 Å². The van der Waals surface area contributed by atoms with E-state index in [1.807, 2.05) is 12.1 Å². The van der Waals surface area contributed by atoms with Crippen molar-refractivity contribution >= 4 is 17.3 Å². The first kappa shape index (κ1) is 13.0. The number of fused-ring (bicyclic) bond motifs is 3. The molecule has 108 valence electrons. The van der Waals surface area contributed by atoms with Crippen molar-refractivity contribution in [2.24, 2.45) is 7.05 Å². The third-order valence-corrected chi connectivity index (χ3v) is 5.33. The zero-order valence-corrected chi connectivity index (χ0v) is 13.2. The molecule has 0 fully saturated rings. The number of hydrogen-bond donors (Lipinski definition) is 0. The normalized spacial score (nSPS) is 23.8. The van der Waals surface area contributed by atoms with E-state index in [9.17, 15) is 0 Å². The summed E-state index contributed by atoms with van der Waals surface area (Å²) in [7, 11) is 2.15. The van der Waals surface area contributed by atoms with Crippen LogP contribution >= 0.6 is 11.6 Å². The maximum absolute atomic E-state index is 6.02. The van der Waals surface area contributed by atoms with E-state index in [1.54, 1.807) is 0 Å². The Morgan fingerprint density at radius 2 is 1.90 bits per heavy atom. The Morgan fingerprint density at radius 1 is 1.14 bits per heavy atom. The molecular weight excluding hydrogens is 280 g/mol. The zero-order chi connectivity index (χ0) is 14.6. The van der Waals surface area contributed by atoms with E-state index in [-0.39, 0.29) is 5.54 Å². The van der Waals surface area contributed by atoms with Crippen LogP contribution in [0.1, 0.15) is 30.2 Å². The molecule has 1 unspecified atom stereocenters. The molecule has 0 aliphatic carbocycles. The standard InChI is InChI=1S/C18H19ClN2/c1-18-10-7-16(13-3-5-14(19)6-4-13)21(18)12-9-17-15(18)8-11-20(17)2/h3-8,11H,9-10,12H2,1-2H3. The largest absolute Gasteiger partial charge is 0.361 e. The lowest BCUT2D eigenvalue weighted by molar-refractivity contribution is 0.184. The molecule has 2 aromatic rings. The molecule has 2 aliphatic heterocycles. The van der Waals surface area contributed by atoms with Crippen LogP contribution < -0.4 is 0 Å². The molecule has 3 heterocycles. The first-order valence-electron chi connectivity index (χ1n) is 7.48. The minimum absolute atomic E-state index is 0.101. The van der Waals surface area contributed by atoms with Crippen LogP contribution in [-0.2, 0) is 19.0 Å². The van der Waals surface area contributed by atoms with Gasteiger partial charge in [-0.2, -0.15) is 0 Å². The topological polar surface area (TPSA) is 8.17 Å². The molecule has 2 aliphatic rings. The third-order valence-electron chi connectivity index (χ3n) is 5.07. The van der Waals surface area contributed by atoms with Crippen molar-refractivity contribution in [3.8, 4) is 0 Å². The molecule has 3 heteroatoms. The highest BCUT2D eigenvalue weighted by atomic mass is 35.5. The van der Waals surface area contributed by atoms with Crippen molar-refractivity contribution in [1.82, 2.24) is 9.47 Å². The molecule has 1 atom stereocenters. The van der Waals surface area contributed by atoms with Gasteiger partial charge in [0, 0.05) is 42.6 Å². The second-order valence-electron chi connectivity index (χ2n) is 6.26. The molecule has 4 rings (SSSR count). The van der Waals surface area contributed by atoms with Crippen molar-refractivity contribution in [3.05, 3.63) is 64.4 Å². The number of hydrogen-bond acceptors (Lipinski definition) is 1. The molecule has 1 aromatic heterocycles. The number of nitrogens with zero attached hydrogens (tertiary/aromatic N) is 2. The second-order valence-corrected chi connectivity index (χ2v) is 6.70. The predicted molar refractivity (Wildman–Crippen MR) is 87.2 cm³/mol. The van der Waals surface area contributed by atoms with Crippen molar-refractivity contribution in [2.75, 3.05) is 6.54 Å². The van der Waals surface area contributed by atoms with E-state index < -0.39 is 0 Å². The van der Waals surface area contributed by atoms with Gasteiger partial charge in [0.2, 0.25) is 0 Å². The van der Waals surface area contributed by atoms with Crippen LogP contribution in [-0.4, -0.2) is 16.0 Å². The van der Waals surface area contributed by atoms with Crippen molar-refractivity contribution in [3.63, 3.8) is 0 Å².